The molecule has 0 bridgehead atoms. The number of nitrogens with one attached hydrogen (secondary N) is 1. The average molecular weight is 249 g/mol. The van der Waals surface area contributed by atoms with Gasteiger partial charge >= 0.3 is 6.09 Å². The zero-order valence-corrected chi connectivity index (χ0v) is 10.4. The fraction of sp³-hybridized carbons (Fsp3) is 0.643. The molecular formula is C14H19NO3. The molecule has 2 heterocycles. The molecule has 1 unspecified atom stereocenters. The Kier molecular flexibility index (Phi) is 3.26. The second kappa shape index (κ2) is 5.04. The van der Waals surface area contributed by atoms with E-state index in [2.05, 4.69) is 5.32 Å². The van der Waals surface area contributed by atoms with Crippen molar-refractivity contribution in [2.24, 2.45) is 5.92 Å². The van der Waals surface area contributed by atoms with E-state index in [-0.39, 0.29) is 18.2 Å². The van der Waals surface area contributed by atoms with Crippen LogP contribution >= 0.6 is 0 Å². The molecule has 3 rings (SSSR count). The summed E-state index contributed by atoms with van der Waals surface area (Å²) in [6, 6.07) is 3.77. The molecule has 4 nitrogen and oxygen atoms in total. The van der Waals surface area contributed by atoms with Gasteiger partial charge in [-0.15, -0.1) is 0 Å². The lowest BCUT2D eigenvalue weighted by Crippen LogP contribution is -2.30. The monoisotopic (exact) mass is 249 g/mol. The summed E-state index contributed by atoms with van der Waals surface area (Å²) < 4.78 is 10.7. The molecule has 2 aliphatic rings. The van der Waals surface area contributed by atoms with Crippen molar-refractivity contribution in [3.05, 3.63) is 24.2 Å². The van der Waals surface area contributed by atoms with E-state index in [1.54, 1.807) is 6.26 Å². The maximum atomic E-state index is 11.4. The summed E-state index contributed by atoms with van der Waals surface area (Å²) in [6.07, 6.45) is 8.58. The van der Waals surface area contributed by atoms with Crippen molar-refractivity contribution in [2.45, 2.75) is 50.7 Å². The van der Waals surface area contributed by atoms with Crippen LogP contribution in [0.1, 0.15) is 50.4 Å². The van der Waals surface area contributed by atoms with Crippen LogP contribution in [-0.2, 0) is 4.74 Å². The van der Waals surface area contributed by atoms with Crippen LogP contribution in [0.5, 0.6) is 0 Å². The number of hydrogen-bond acceptors (Lipinski definition) is 3. The maximum Gasteiger partial charge on any atom is 0.408 e. The number of furan rings is 1. The molecule has 1 saturated heterocycles. The van der Waals surface area contributed by atoms with Crippen LogP contribution in [0.4, 0.5) is 4.79 Å². The molecule has 2 atom stereocenters. The number of amides is 1. The number of hydrogen-bond donors (Lipinski definition) is 1. The van der Waals surface area contributed by atoms with E-state index in [0.717, 1.165) is 12.2 Å². The molecule has 98 valence electrons. The molecule has 1 amide bonds. The van der Waals surface area contributed by atoms with Crippen LogP contribution < -0.4 is 5.32 Å². The Morgan fingerprint density at radius 2 is 2.11 bits per heavy atom. The number of cyclic esters (lactones) is 1. The minimum atomic E-state index is -0.322. The molecule has 18 heavy (non-hydrogen) atoms. The standard InChI is InChI=1S/C14H19NO3/c16-14-15-11(9-10-5-2-1-3-6-10)13(18-14)12-7-4-8-17-12/h4,7-8,10-11,13H,1-3,5-6,9H2,(H,15,16)/t11-,13?/m0/s1. The first-order chi connectivity index (χ1) is 8.83. The predicted molar refractivity (Wildman–Crippen MR) is 66.0 cm³/mol. The molecule has 1 aromatic rings. The van der Waals surface area contributed by atoms with Crippen molar-refractivity contribution in [1.82, 2.24) is 5.32 Å². The molecular weight excluding hydrogens is 230 g/mol. The van der Waals surface area contributed by atoms with E-state index < -0.39 is 0 Å². The van der Waals surface area contributed by atoms with Crippen molar-refractivity contribution in [3.8, 4) is 0 Å². The minimum absolute atomic E-state index is 0.0618. The van der Waals surface area contributed by atoms with E-state index in [1.165, 1.54) is 32.1 Å². The van der Waals surface area contributed by atoms with Crippen molar-refractivity contribution in [3.63, 3.8) is 0 Å². The highest BCUT2D eigenvalue weighted by Crippen LogP contribution is 2.34. The summed E-state index contributed by atoms with van der Waals surface area (Å²) in [5.74, 6) is 1.46. The topological polar surface area (TPSA) is 51.5 Å². The summed E-state index contributed by atoms with van der Waals surface area (Å²) in [7, 11) is 0. The van der Waals surface area contributed by atoms with Gasteiger partial charge in [0.25, 0.3) is 0 Å². The first-order valence-corrected chi connectivity index (χ1v) is 6.83. The van der Waals surface area contributed by atoms with Crippen LogP contribution in [0.15, 0.2) is 22.8 Å². The zero-order valence-electron chi connectivity index (χ0n) is 10.4. The van der Waals surface area contributed by atoms with Crippen LogP contribution in [-0.4, -0.2) is 12.1 Å². The Balaban J connectivity index is 1.67. The Hall–Kier alpha value is -1.45. The largest absolute Gasteiger partial charge is 0.465 e. The number of rotatable bonds is 3. The summed E-state index contributed by atoms with van der Waals surface area (Å²) in [5, 5.41) is 2.92. The number of ether oxygens (including phenoxy) is 1. The first kappa shape index (κ1) is 11.6. The number of carbonyl (C=O) groups excluding carboxylic acids is 1. The molecule has 1 aromatic heterocycles. The highest BCUT2D eigenvalue weighted by atomic mass is 16.6. The third kappa shape index (κ3) is 2.37. The molecule has 4 heteroatoms. The van der Waals surface area contributed by atoms with Crippen molar-refractivity contribution in [1.29, 1.82) is 0 Å². The third-order valence-electron chi connectivity index (χ3n) is 4.04. The average Bonchev–Trinajstić information content (AvgIpc) is 3.00. The van der Waals surface area contributed by atoms with Gasteiger partial charge in [0.15, 0.2) is 6.10 Å². The fourth-order valence-corrected chi connectivity index (χ4v) is 3.13. The summed E-state index contributed by atoms with van der Waals surface area (Å²) >= 11 is 0. The van der Waals surface area contributed by atoms with Crippen molar-refractivity contribution < 1.29 is 13.9 Å². The van der Waals surface area contributed by atoms with Gasteiger partial charge < -0.3 is 14.5 Å². The highest BCUT2D eigenvalue weighted by Gasteiger charge is 2.38. The number of alkyl carbamates (subject to hydrolysis) is 1. The van der Waals surface area contributed by atoms with Gasteiger partial charge in [0.2, 0.25) is 0 Å². The smallest absolute Gasteiger partial charge is 0.408 e. The Labute approximate surface area is 107 Å². The molecule has 0 spiro atoms. The van der Waals surface area contributed by atoms with Gasteiger partial charge in [-0.05, 0) is 24.5 Å². The second-order valence-electron chi connectivity index (χ2n) is 5.33. The van der Waals surface area contributed by atoms with Gasteiger partial charge in [0, 0.05) is 0 Å². The number of carbonyl (C=O) groups is 1. The lowest BCUT2D eigenvalue weighted by molar-refractivity contribution is 0.111. The van der Waals surface area contributed by atoms with Crippen molar-refractivity contribution >= 4 is 6.09 Å². The highest BCUT2D eigenvalue weighted by molar-refractivity contribution is 5.70. The summed E-state index contributed by atoms with van der Waals surface area (Å²) in [5.41, 5.74) is 0. The predicted octanol–water partition coefficient (Wildman–Crippen LogP) is 3.40. The Bertz CT molecular complexity index is 395. The molecule has 2 fully saturated rings. The van der Waals surface area contributed by atoms with E-state index in [0.29, 0.717) is 5.92 Å². The van der Waals surface area contributed by atoms with Gasteiger partial charge in [-0.2, -0.15) is 0 Å². The van der Waals surface area contributed by atoms with E-state index in [4.69, 9.17) is 9.15 Å². The van der Waals surface area contributed by atoms with Crippen LogP contribution in [0.3, 0.4) is 0 Å². The normalized spacial score (nSPS) is 29.0. The molecule has 0 aromatic carbocycles. The van der Waals surface area contributed by atoms with Crippen LogP contribution in [0, 0.1) is 5.92 Å². The van der Waals surface area contributed by atoms with E-state index >= 15 is 0 Å². The molecule has 1 aliphatic heterocycles. The lowest BCUT2D eigenvalue weighted by Gasteiger charge is -2.25. The molecule has 1 saturated carbocycles. The summed E-state index contributed by atoms with van der Waals surface area (Å²) in [6.45, 7) is 0. The van der Waals surface area contributed by atoms with Gasteiger partial charge in [0.1, 0.15) is 5.76 Å². The Morgan fingerprint density at radius 3 is 2.83 bits per heavy atom. The lowest BCUT2D eigenvalue weighted by atomic mass is 9.83. The molecule has 1 N–H and O–H groups in total. The SMILES string of the molecule is O=C1N[C@@H](CC2CCCCC2)C(c2ccco2)O1. The minimum Gasteiger partial charge on any atom is -0.465 e. The first-order valence-electron chi connectivity index (χ1n) is 6.83. The van der Waals surface area contributed by atoms with Gasteiger partial charge in [0.05, 0.1) is 12.3 Å². The van der Waals surface area contributed by atoms with Gasteiger partial charge in [-0.25, -0.2) is 4.79 Å². The van der Waals surface area contributed by atoms with Crippen molar-refractivity contribution in [2.75, 3.05) is 0 Å². The maximum absolute atomic E-state index is 11.4. The van der Waals surface area contributed by atoms with Crippen LogP contribution in [0.25, 0.3) is 0 Å². The van der Waals surface area contributed by atoms with E-state index in [9.17, 15) is 4.79 Å². The molecule has 1 aliphatic carbocycles. The molecule has 0 radical (unpaired) electrons. The van der Waals surface area contributed by atoms with Gasteiger partial charge in [-0.1, -0.05) is 32.1 Å². The van der Waals surface area contributed by atoms with Crippen LogP contribution in [0.2, 0.25) is 0 Å². The van der Waals surface area contributed by atoms with E-state index in [1.807, 2.05) is 12.1 Å². The third-order valence-corrected chi connectivity index (χ3v) is 4.04. The Morgan fingerprint density at radius 1 is 1.28 bits per heavy atom. The zero-order chi connectivity index (χ0) is 12.4. The summed E-state index contributed by atoms with van der Waals surface area (Å²) in [4.78, 5) is 11.4. The fourth-order valence-electron chi connectivity index (χ4n) is 3.13. The quantitative estimate of drug-likeness (QED) is 0.893. The van der Waals surface area contributed by atoms with Gasteiger partial charge in [-0.3, -0.25) is 0 Å². The second-order valence-corrected chi connectivity index (χ2v) is 5.33.